The fourth-order valence-electron chi connectivity index (χ4n) is 1.06. The van der Waals surface area contributed by atoms with Gasteiger partial charge in [0.15, 0.2) is 0 Å². The van der Waals surface area contributed by atoms with Crippen molar-refractivity contribution in [3.63, 3.8) is 0 Å². The molecule has 0 bridgehead atoms. The van der Waals surface area contributed by atoms with E-state index in [4.69, 9.17) is 47.7 Å². The van der Waals surface area contributed by atoms with Gasteiger partial charge in [-0.2, -0.15) is 0 Å². The van der Waals surface area contributed by atoms with E-state index in [-0.39, 0.29) is 5.97 Å². The second kappa shape index (κ2) is 21.0. The lowest BCUT2D eigenvalue weighted by Crippen LogP contribution is -2.42. The Morgan fingerprint density at radius 2 is 1.00 bits per heavy atom. The highest BCUT2D eigenvalue weighted by atomic mass is 28.4. The quantitative estimate of drug-likeness (QED) is 0.317. The molecule has 0 amide bonds. The summed E-state index contributed by atoms with van der Waals surface area (Å²) in [6, 6.07) is 0.643. The normalized spacial score (nSPS) is 9.04. The Morgan fingerprint density at radius 1 is 0.731 bits per heavy atom. The van der Waals surface area contributed by atoms with Crippen molar-refractivity contribution in [2.45, 2.75) is 40.2 Å². The van der Waals surface area contributed by atoms with Crippen molar-refractivity contribution >= 4 is 32.7 Å². The van der Waals surface area contributed by atoms with Crippen LogP contribution in [-0.2, 0) is 37.2 Å². The number of ether oxygens (including phenoxy) is 1. The van der Waals surface area contributed by atoms with Gasteiger partial charge < -0.3 is 33.3 Å². The first kappa shape index (κ1) is 31.7. The number of carboxylic acids is 3. The van der Waals surface area contributed by atoms with Crippen LogP contribution in [0, 0.1) is 0 Å². The summed E-state index contributed by atoms with van der Waals surface area (Å²) in [6.45, 7) is 5.01. The maximum atomic E-state index is 10.5. The van der Waals surface area contributed by atoms with E-state index in [9.17, 15) is 4.79 Å². The number of carbonyl (C=O) groups is 4. The molecule has 0 aliphatic rings. The summed E-state index contributed by atoms with van der Waals surface area (Å²) in [5.41, 5.74) is 0. The lowest BCUT2D eigenvalue weighted by molar-refractivity contribution is -0.141. The predicted molar refractivity (Wildman–Crippen MR) is 92.8 cm³/mol. The summed E-state index contributed by atoms with van der Waals surface area (Å²) in [6.07, 6.45) is 0.682. The third-order valence-corrected chi connectivity index (χ3v) is 4.70. The van der Waals surface area contributed by atoms with Crippen molar-refractivity contribution in [3.05, 3.63) is 0 Å². The molecule has 0 saturated carbocycles. The molecule has 156 valence electrons. The highest BCUT2D eigenvalue weighted by Crippen LogP contribution is 2.14. The van der Waals surface area contributed by atoms with Gasteiger partial charge >= 0.3 is 14.8 Å². The van der Waals surface area contributed by atoms with Crippen LogP contribution in [0.2, 0.25) is 6.04 Å². The first-order chi connectivity index (χ1) is 11.8. The first-order valence-electron chi connectivity index (χ1n) is 7.17. The monoisotopic (exact) mass is 402 g/mol. The van der Waals surface area contributed by atoms with Gasteiger partial charge in [0.1, 0.15) is 0 Å². The predicted octanol–water partition coefficient (Wildman–Crippen LogP) is 1.09. The van der Waals surface area contributed by atoms with Gasteiger partial charge in [0.2, 0.25) is 0 Å². The number of esters is 1. The van der Waals surface area contributed by atoms with E-state index in [1.54, 1.807) is 21.3 Å². The molecular weight excluding hydrogens is 372 g/mol. The SMILES string of the molecule is CC(=O)O.CC(=O)O.CC(=O)O.CO[Si](CCCOC(C)=O)(OC)OC. The lowest BCUT2D eigenvalue weighted by atomic mass is 10.5. The van der Waals surface area contributed by atoms with E-state index in [1.807, 2.05) is 0 Å². The summed E-state index contributed by atoms with van der Waals surface area (Å²) in [5.74, 6) is -2.77. The number of carbonyl (C=O) groups excluding carboxylic acids is 1. The third kappa shape index (κ3) is 43.1. The average Bonchev–Trinajstić information content (AvgIpc) is 2.46. The molecular formula is C14H30O11Si. The third-order valence-electron chi connectivity index (χ3n) is 1.87. The van der Waals surface area contributed by atoms with Gasteiger partial charge in [-0.15, -0.1) is 0 Å². The van der Waals surface area contributed by atoms with Crippen LogP contribution in [0.15, 0.2) is 0 Å². The highest BCUT2D eigenvalue weighted by molar-refractivity contribution is 6.60. The van der Waals surface area contributed by atoms with Crippen LogP contribution in [0.3, 0.4) is 0 Å². The van der Waals surface area contributed by atoms with Crippen molar-refractivity contribution in [1.82, 2.24) is 0 Å². The largest absolute Gasteiger partial charge is 0.500 e. The molecule has 0 aromatic heterocycles. The van der Waals surface area contributed by atoms with Crippen LogP contribution in [0.5, 0.6) is 0 Å². The van der Waals surface area contributed by atoms with E-state index in [1.165, 1.54) is 6.92 Å². The topological polar surface area (TPSA) is 166 Å². The number of carboxylic acid groups (broad SMARTS) is 3. The van der Waals surface area contributed by atoms with E-state index < -0.39 is 26.7 Å². The van der Waals surface area contributed by atoms with Crippen LogP contribution in [0.25, 0.3) is 0 Å². The smallest absolute Gasteiger partial charge is 0.481 e. The molecule has 3 N–H and O–H groups in total. The molecule has 0 aromatic rings. The molecule has 0 fully saturated rings. The van der Waals surface area contributed by atoms with Crippen molar-refractivity contribution in [1.29, 1.82) is 0 Å². The Labute approximate surface area is 154 Å². The van der Waals surface area contributed by atoms with E-state index in [2.05, 4.69) is 0 Å². The van der Waals surface area contributed by atoms with Crippen LogP contribution < -0.4 is 0 Å². The Bertz CT molecular complexity index is 346. The first-order valence-corrected chi connectivity index (χ1v) is 9.10. The number of aliphatic carboxylic acids is 3. The molecule has 0 aromatic carbocycles. The highest BCUT2D eigenvalue weighted by Gasteiger charge is 2.36. The van der Waals surface area contributed by atoms with Crippen LogP contribution >= 0.6 is 0 Å². The zero-order chi connectivity index (χ0) is 21.8. The van der Waals surface area contributed by atoms with Gasteiger partial charge in [-0.3, -0.25) is 19.2 Å². The standard InChI is InChI=1S/C8H18O5Si.3C2H4O2/c1-8(9)13-6-5-7-14(10-2,11-3)12-4;3*1-2(3)4/h5-7H2,1-4H3;3*1H3,(H,3,4). The second-order valence-electron chi connectivity index (χ2n) is 4.30. The summed E-state index contributed by atoms with van der Waals surface area (Å²) in [4.78, 5) is 37.5. The fourth-order valence-corrected chi connectivity index (χ4v) is 2.75. The van der Waals surface area contributed by atoms with Gasteiger partial charge in [0, 0.05) is 55.1 Å². The molecule has 0 atom stereocenters. The second-order valence-corrected chi connectivity index (χ2v) is 7.39. The minimum Gasteiger partial charge on any atom is -0.481 e. The maximum absolute atomic E-state index is 10.5. The average molecular weight is 402 g/mol. The van der Waals surface area contributed by atoms with Gasteiger partial charge in [-0.1, -0.05) is 0 Å². The molecule has 0 unspecified atom stereocenters. The molecule has 0 spiro atoms. The Morgan fingerprint density at radius 3 is 1.19 bits per heavy atom. The molecule has 0 heterocycles. The maximum Gasteiger partial charge on any atom is 0.500 e. The van der Waals surface area contributed by atoms with Crippen LogP contribution in [0.1, 0.15) is 34.1 Å². The molecule has 12 heteroatoms. The summed E-state index contributed by atoms with van der Waals surface area (Å²) in [5, 5.41) is 22.2. The Hall–Kier alpha value is -2.02. The number of rotatable bonds is 7. The number of hydrogen-bond donors (Lipinski definition) is 3. The molecule has 0 radical (unpaired) electrons. The van der Waals surface area contributed by atoms with Crippen LogP contribution in [-0.4, -0.2) is 75.9 Å². The Kier molecular flexibility index (Phi) is 25.6. The van der Waals surface area contributed by atoms with E-state index in [0.29, 0.717) is 19.1 Å². The van der Waals surface area contributed by atoms with Gasteiger partial charge in [-0.05, 0) is 6.42 Å². The minimum atomic E-state index is -2.48. The minimum absolute atomic E-state index is 0.274. The van der Waals surface area contributed by atoms with Crippen LogP contribution in [0.4, 0.5) is 0 Å². The van der Waals surface area contributed by atoms with Crippen molar-refractivity contribution in [2.24, 2.45) is 0 Å². The summed E-state index contributed by atoms with van der Waals surface area (Å²) in [7, 11) is 2.20. The van der Waals surface area contributed by atoms with Gasteiger partial charge in [0.25, 0.3) is 17.9 Å². The Balaban J connectivity index is -0.000000164. The zero-order valence-corrected chi connectivity index (χ0v) is 17.2. The zero-order valence-electron chi connectivity index (χ0n) is 16.2. The molecule has 11 nitrogen and oxygen atoms in total. The van der Waals surface area contributed by atoms with Crippen molar-refractivity contribution < 1.29 is 52.5 Å². The lowest BCUT2D eigenvalue weighted by Gasteiger charge is -2.23. The number of hydrogen-bond acceptors (Lipinski definition) is 8. The molecule has 26 heavy (non-hydrogen) atoms. The molecule has 0 aliphatic carbocycles. The van der Waals surface area contributed by atoms with E-state index >= 15 is 0 Å². The van der Waals surface area contributed by atoms with Gasteiger partial charge in [0.05, 0.1) is 6.61 Å². The van der Waals surface area contributed by atoms with Crippen molar-refractivity contribution in [2.75, 3.05) is 27.9 Å². The van der Waals surface area contributed by atoms with Crippen molar-refractivity contribution in [3.8, 4) is 0 Å². The fraction of sp³-hybridized carbons (Fsp3) is 0.714. The van der Waals surface area contributed by atoms with Gasteiger partial charge in [-0.25, -0.2) is 0 Å². The summed E-state index contributed by atoms with van der Waals surface area (Å²) < 4.78 is 20.4. The molecule has 0 saturated heterocycles. The molecule has 0 rings (SSSR count). The summed E-state index contributed by atoms with van der Waals surface area (Å²) >= 11 is 0. The molecule has 0 aliphatic heterocycles. The van der Waals surface area contributed by atoms with E-state index in [0.717, 1.165) is 20.8 Å².